The zero-order valence-corrected chi connectivity index (χ0v) is 19.0. The molecular formula is C23H30N2O5S. The number of aryl methyl sites for hydroxylation is 1. The van der Waals surface area contributed by atoms with Crippen LogP contribution in [0.3, 0.4) is 0 Å². The van der Waals surface area contributed by atoms with Crippen molar-refractivity contribution >= 4 is 15.9 Å². The minimum atomic E-state index is -3.52. The van der Waals surface area contributed by atoms with Crippen LogP contribution >= 0.6 is 0 Å². The fourth-order valence-corrected chi connectivity index (χ4v) is 4.98. The van der Waals surface area contributed by atoms with Gasteiger partial charge in [0.15, 0.2) is 0 Å². The first-order valence-corrected chi connectivity index (χ1v) is 11.9. The summed E-state index contributed by atoms with van der Waals surface area (Å²) in [6, 6.07) is 14.0. The second-order valence-corrected chi connectivity index (χ2v) is 9.83. The summed E-state index contributed by atoms with van der Waals surface area (Å²) in [5, 5.41) is 2.98. The van der Waals surface area contributed by atoms with E-state index in [1.165, 1.54) is 4.31 Å². The smallest absolute Gasteiger partial charge is 0.243 e. The van der Waals surface area contributed by atoms with Crippen molar-refractivity contribution in [2.45, 2.75) is 37.6 Å². The maximum absolute atomic E-state index is 12.8. The molecule has 1 fully saturated rings. The molecule has 2 aromatic carbocycles. The molecule has 8 heteroatoms. The summed E-state index contributed by atoms with van der Waals surface area (Å²) < 4.78 is 37.9. The highest BCUT2D eigenvalue weighted by atomic mass is 32.2. The summed E-state index contributed by atoms with van der Waals surface area (Å²) in [4.78, 5) is 12.9. The topological polar surface area (TPSA) is 84.9 Å². The Bertz CT molecular complexity index is 966. The first-order valence-electron chi connectivity index (χ1n) is 10.4. The minimum absolute atomic E-state index is 0.0572. The number of hydrogen-bond acceptors (Lipinski definition) is 5. The standard InChI is InChI=1S/C23H30N2O5S/c1-17-4-10-22(11-5-17)31(27,28)25-14-12-19(13-15-25)23(26)24-18(2)16-30-21-8-6-20(29-3)7-9-21/h4-11,18-19H,12-16H2,1-3H3,(H,24,26)/t18-/m1/s1. The Morgan fingerprint density at radius 1 is 1.06 bits per heavy atom. The van der Waals surface area contributed by atoms with E-state index in [4.69, 9.17) is 9.47 Å². The lowest BCUT2D eigenvalue weighted by Crippen LogP contribution is -2.45. The van der Waals surface area contributed by atoms with Gasteiger partial charge < -0.3 is 14.8 Å². The maximum Gasteiger partial charge on any atom is 0.243 e. The first kappa shape index (κ1) is 23.1. The van der Waals surface area contributed by atoms with Gasteiger partial charge in [0, 0.05) is 19.0 Å². The molecular weight excluding hydrogens is 416 g/mol. The third-order valence-corrected chi connectivity index (χ3v) is 7.34. The number of amides is 1. The van der Waals surface area contributed by atoms with Crippen LogP contribution in [0.1, 0.15) is 25.3 Å². The quantitative estimate of drug-likeness (QED) is 0.674. The Labute approximate surface area is 184 Å². The number of hydrogen-bond donors (Lipinski definition) is 1. The zero-order chi connectivity index (χ0) is 22.4. The minimum Gasteiger partial charge on any atom is -0.497 e. The van der Waals surface area contributed by atoms with Gasteiger partial charge in [0.2, 0.25) is 15.9 Å². The van der Waals surface area contributed by atoms with Gasteiger partial charge in [-0.2, -0.15) is 4.31 Å². The Morgan fingerprint density at radius 2 is 1.65 bits per heavy atom. The van der Waals surface area contributed by atoms with Crippen LogP contribution in [0.25, 0.3) is 0 Å². The molecule has 0 radical (unpaired) electrons. The summed E-state index contributed by atoms with van der Waals surface area (Å²) >= 11 is 0. The van der Waals surface area contributed by atoms with Crippen molar-refractivity contribution in [2.24, 2.45) is 5.92 Å². The molecule has 3 rings (SSSR count). The van der Waals surface area contributed by atoms with Gasteiger partial charge >= 0.3 is 0 Å². The number of sulfonamides is 1. The van der Waals surface area contributed by atoms with E-state index in [-0.39, 0.29) is 17.9 Å². The molecule has 31 heavy (non-hydrogen) atoms. The van der Waals surface area contributed by atoms with Crippen LogP contribution in [-0.2, 0) is 14.8 Å². The van der Waals surface area contributed by atoms with Crippen molar-refractivity contribution in [1.29, 1.82) is 0 Å². The number of ether oxygens (including phenoxy) is 2. The molecule has 0 saturated carbocycles. The van der Waals surface area contributed by atoms with Gasteiger partial charge in [0.05, 0.1) is 18.0 Å². The molecule has 7 nitrogen and oxygen atoms in total. The molecule has 168 valence electrons. The van der Waals surface area contributed by atoms with Crippen molar-refractivity contribution in [2.75, 3.05) is 26.8 Å². The Balaban J connectivity index is 1.46. The van der Waals surface area contributed by atoms with Crippen molar-refractivity contribution in [3.8, 4) is 11.5 Å². The van der Waals surface area contributed by atoms with Crippen molar-refractivity contribution in [1.82, 2.24) is 9.62 Å². The Morgan fingerprint density at radius 3 is 2.23 bits per heavy atom. The highest BCUT2D eigenvalue weighted by Gasteiger charge is 2.32. The van der Waals surface area contributed by atoms with Crippen LogP contribution in [0.15, 0.2) is 53.4 Å². The zero-order valence-electron chi connectivity index (χ0n) is 18.2. The first-order chi connectivity index (χ1) is 14.8. The second-order valence-electron chi connectivity index (χ2n) is 7.89. The normalized spacial score (nSPS) is 16.5. The largest absolute Gasteiger partial charge is 0.497 e. The van der Waals surface area contributed by atoms with Gasteiger partial charge in [-0.1, -0.05) is 17.7 Å². The third kappa shape index (κ3) is 5.98. The Kier molecular flexibility index (Phi) is 7.56. The van der Waals surface area contributed by atoms with E-state index in [0.717, 1.165) is 11.3 Å². The van der Waals surface area contributed by atoms with E-state index < -0.39 is 10.0 Å². The highest BCUT2D eigenvalue weighted by molar-refractivity contribution is 7.89. The third-order valence-electron chi connectivity index (χ3n) is 5.43. The summed E-state index contributed by atoms with van der Waals surface area (Å²) in [5.41, 5.74) is 1.01. The predicted octanol–water partition coefficient (Wildman–Crippen LogP) is 2.99. The lowest BCUT2D eigenvalue weighted by molar-refractivity contribution is -0.126. The van der Waals surface area contributed by atoms with Crippen LogP contribution in [0, 0.1) is 12.8 Å². The molecule has 0 unspecified atom stereocenters. The highest BCUT2D eigenvalue weighted by Crippen LogP contribution is 2.24. The van der Waals surface area contributed by atoms with E-state index in [2.05, 4.69) is 5.32 Å². The molecule has 0 bridgehead atoms. The van der Waals surface area contributed by atoms with Gasteiger partial charge in [0.25, 0.3) is 0 Å². The number of carbonyl (C=O) groups is 1. The summed E-state index contributed by atoms with van der Waals surface area (Å²) in [6.07, 6.45) is 1.01. The van der Waals surface area contributed by atoms with Crippen molar-refractivity contribution < 1.29 is 22.7 Å². The van der Waals surface area contributed by atoms with Crippen LogP contribution in [0.4, 0.5) is 0 Å². The number of carbonyl (C=O) groups excluding carboxylic acids is 1. The van der Waals surface area contributed by atoms with Crippen LogP contribution in [0.5, 0.6) is 11.5 Å². The SMILES string of the molecule is COc1ccc(OC[C@@H](C)NC(=O)C2CCN(S(=O)(=O)c3ccc(C)cc3)CC2)cc1. The molecule has 1 heterocycles. The van der Waals surface area contributed by atoms with Gasteiger partial charge in [-0.3, -0.25) is 4.79 Å². The molecule has 1 saturated heterocycles. The van der Waals surface area contributed by atoms with Crippen molar-refractivity contribution in [3.05, 3.63) is 54.1 Å². The lowest BCUT2D eigenvalue weighted by Gasteiger charge is -2.31. The number of methoxy groups -OCH3 is 1. The number of benzene rings is 2. The molecule has 1 aliphatic heterocycles. The maximum atomic E-state index is 12.8. The van der Waals surface area contributed by atoms with Crippen LogP contribution in [-0.4, -0.2) is 51.5 Å². The monoisotopic (exact) mass is 446 g/mol. The summed E-state index contributed by atoms with van der Waals surface area (Å²) in [7, 11) is -1.92. The summed E-state index contributed by atoms with van der Waals surface area (Å²) in [6.45, 7) is 4.83. The molecule has 2 aromatic rings. The lowest BCUT2D eigenvalue weighted by atomic mass is 9.97. The number of piperidine rings is 1. The van der Waals surface area contributed by atoms with Gasteiger partial charge in [-0.05, 0) is 63.1 Å². The number of rotatable bonds is 8. The van der Waals surface area contributed by atoms with Gasteiger partial charge in [-0.15, -0.1) is 0 Å². The van der Waals surface area contributed by atoms with Crippen LogP contribution in [0.2, 0.25) is 0 Å². The average molecular weight is 447 g/mol. The molecule has 0 aromatic heterocycles. The number of nitrogens with zero attached hydrogens (tertiary/aromatic N) is 1. The molecule has 1 aliphatic rings. The van der Waals surface area contributed by atoms with Gasteiger partial charge in [-0.25, -0.2) is 8.42 Å². The van der Waals surface area contributed by atoms with Crippen molar-refractivity contribution in [3.63, 3.8) is 0 Å². The predicted molar refractivity (Wildman–Crippen MR) is 119 cm³/mol. The fourth-order valence-electron chi connectivity index (χ4n) is 3.51. The summed E-state index contributed by atoms with van der Waals surface area (Å²) in [5.74, 6) is 1.20. The van der Waals surface area contributed by atoms with E-state index in [1.807, 2.05) is 38.1 Å². The number of nitrogens with one attached hydrogen (secondary N) is 1. The van der Waals surface area contributed by atoms with E-state index in [0.29, 0.717) is 43.2 Å². The fraction of sp³-hybridized carbons (Fsp3) is 0.435. The van der Waals surface area contributed by atoms with E-state index in [9.17, 15) is 13.2 Å². The Hall–Kier alpha value is -2.58. The molecule has 0 spiro atoms. The molecule has 1 atom stereocenters. The second kappa shape index (κ2) is 10.2. The molecule has 0 aliphatic carbocycles. The van der Waals surface area contributed by atoms with Gasteiger partial charge in [0.1, 0.15) is 18.1 Å². The molecule has 1 N–H and O–H groups in total. The molecule has 1 amide bonds. The van der Waals surface area contributed by atoms with E-state index >= 15 is 0 Å². The van der Waals surface area contributed by atoms with Crippen LogP contribution < -0.4 is 14.8 Å². The average Bonchev–Trinajstić information content (AvgIpc) is 2.78. The van der Waals surface area contributed by atoms with E-state index in [1.54, 1.807) is 31.4 Å².